The Balaban J connectivity index is 1.57. The van der Waals surface area contributed by atoms with Gasteiger partial charge in [-0.25, -0.2) is 18.7 Å². The van der Waals surface area contributed by atoms with E-state index < -0.39 is 27.8 Å². The number of hydrogen-bond donors (Lipinski definition) is 2. The Bertz CT molecular complexity index is 1200. The smallest absolute Gasteiger partial charge is 0.275 e. The summed E-state index contributed by atoms with van der Waals surface area (Å²) in [6, 6.07) is 4.39. The number of aromatic nitrogens is 2. The molecule has 0 unspecified atom stereocenters. The van der Waals surface area contributed by atoms with Crippen molar-refractivity contribution in [3.8, 4) is 11.9 Å². The van der Waals surface area contributed by atoms with E-state index in [0.29, 0.717) is 13.0 Å². The van der Waals surface area contributed by atoms with Gasteiger partial charge in [-0.3, -0.25) is 9.79 Å². The third-order valence-corrected chi connectivity index (χ3v) is 7.03. The summed E-state index contributed by atoms with van der Waals surface area (Å²) in [6.45, 7) is 3.76. The van der Waals surface area contributed by atoms with Gasteiger partial charge in [0.1, 0.15) is 16.5 Å². The number of nitrogens with two attached hydrogens (primary N) is 1. The van der Waals surface area contributed by atoms with Crippen molar-refractivity contribution in [2.75, 3.05) is 19.0 Å². The molecule has 1 fully saturated rings. The molecule has 3 N–H and O–H groups in total. The summed E-state index contributed by atoms with van der Waals surface area (Å²) in [7, 11) is 1.54. The fraction of sp³-hybridized carbons (Fsp3) is 0.409. The Morgan fingerprint density at radius 3 is 2.82 bits per heavy atom. The minimum absolute atomic E-state index is 0.00572. The molecule has 2 aliphatic rings. The predicted octanol–water partition coefficient (Wildman–Crippen LogP) is 2.98. The molecule has 1 aliphatic heterocycles. The first-order valence-corrected chi connectivity index (χ1v) is 11.2. The van der Waals surface area contributed by atoms with Gasteiger partial charge in [-0.15, -0.1) is 0 Å². The molecule has 0 bridgehead atoms. The fourth-order valence-corrected chi connectivity index (χ4v) is 5.39. The molecule has 12 heteroatoms. The van der Waals surface area contributed by atoms with Gasteiger partial charge in [0.05, 0.1) is 30.6 Å². The number of anilines is 1. The zero-order chi connectivity index (χ0) is 24.7. The van der Waals surface area contributed by atoms with Crippen molar-refractivity contribution in [2.24, 2.45) is 16.6 Å². The van der Waals surface area contributed by atoms with Gasteiger partial charge in [0, 0.05) is 30.3 Å². The number of ether oxygens (including phenoxy) is 2. The standard InChI is InChI=1S/C22H22F2N6O3S/c1-11(9-32-3)33-17-8-27-15(7-28-17)19(31)29-12-4-13(18(24)14(23)5-12)21(2)16-6-22(16,10-25)34-20(26)30-21/h4-5,7-8,11,16H,6,9H2,1-3H3,(H2,26,30)(H,29,31)/t11-,16-,21+,22+/m0/s1. The van der Waals surface area contributed by atoms with Crippen molar-refractivity contribution in [1.82, 2.24) is 9.97 Å². The quantitative estimate of drug-likeness (QED) is 0.607. The number of thioether (sulfide) groups is 1. The molecule has 4 atom stereocenters. The lowest BCUT2D eigenvalue weighted by Gasteiger charge is -2.32. The van der Waals surface area contributed by atoms with E-state index in [1.807, 2.05) is 0 Å². The Morgan fingerprint density at radius 2 is 2.18 bits per heavy atom. The highest BCUT2D eigenvalue weighted by molar-refractivity contribution is 8.15. The largest absolute Gasteiger partial charge is 0.471 e. The van der Waals surface area contributed by atoms with E-state index in [1.165, 1.54) is 18.5 Å². The molecular formula is C22H22F2N6O3S. The minimum atomic E-state index is -1.26. The number of benzene rings is 1. The summed E-state index contributed by atoms with van der Waals surface area (Å²) in [5.41, 5.74) is 4.52. The van der Waals surface area contributed by atoms with E-state index in [0.717, 1.165) is 17.8 Å². The summed E-state index contributed by atoms with van der Waals surface area (Å²) >= 11 is 1.14. The van der Waals surface area contributed by atoms with Gasteiger partial charge in [0.25, 0.3) is 5.91 Å². The number of carbonyl (C=O) groups is 1. The van der Waals surface area contributed by atoms with Crippen molar-refractivity contribution in [1.29, 1.82) is 5.26 Å². The second-order valence-corrected chi connectivity index (χ2v) is 9.71. The number of carbonyl (C=O) groups excluding carboxylic acids is 1. The van der Waals surface area contributed by atoms with Crippen molar-refractivity contribution in [3.05, 3.63) is 47.4 Å². The Hall–Kier alpha value is -3.30. The number of nitrogens with zero attached hydrogens (tertiary/aromatic N) is 4. The molecule has 1 amide bonds. The summed E-state index contributed by atoms with van der Waals surface area (Å²) in [5.74, 6) is -3.08. The topological polar surface area (TPSA) is 136 Å². The molecule has 1 aromatic heterocycles. The lowest BCUT2D eigenvalue weighted by molar-refractivity contribution is 0.0885. The first-order valence-electron chi connectivity index (χ1n) is 10.4. The van der Waals surface area contributed by atoms with Gasteiger partial charge in [-0.05, 0) is 26.3 Å². The number of amides is 1. The van der Waals surface area contributed by atoms with Crippen LogP contribution in [-0.4, -0.2) is 45.6 Å². The van der Waals surface area contributed by atoms with E-state index in [9.17, 15) is 18.8 Å². The molecule has 2 heterocycles. The third-order valence-electron chi connectivity index (χ3n) is 5.82. The molecule has 0 spiro atoms. The number of hydrogen-bond acceptors (Lipinski definition) is 9. The van der Waals surface area contributed by atoms with Crippen LogP contribution in [0.25, 0.3) is 0 Å². The van der Waals surface area contributed by atoms with Crippen LogP contribution in [-0.2, 0) is 10.3 Å². The van der Waals surface area contributed by atoms with Gasteiger partial charge in [0.15, 0.2) is 16.8 Å². The monoisotopic (exact) mass is 488 g/mol. The number of methoxy groups -OCH3 is 1. The molecule has 2 aromatic rings. The van der Waals surface area contributed by atoms with Crippen molar-refractivity contribution in [3.63, 3.8) is 0 Å². The molecule has 4 rings (SSSR count). The molecule has 0 saturated heterocycles. The zero-order valence-electron chi connectivity index (χ0n) is 18.6. The van der Waals surface area contributed by atoms with Crippen LogP contribution in [0, 0.1) is 28.9 Å². The van der Waals surface area contributed by atoms with Crippen molar-refractivity contribution in [2.45, 2.75) is 36.7 Å². The number of amidine groups is 1. The van der Waals surface area contributed by atoms with Crippen LogP contribution in [0.5, 0.6) is 5.88 Å². The number of nitrogens with one attached hydrogen (secondary N) is 1. The van der Waals surface area contributed by atoms with Crippen LogP contribution in [0.4, 0.5) is 14.5 Å². The molecule has 0 radical (unpaired) electrons. The third kappa shape index (κ3) is 4.28. The molecule has 178 valence electrons. The molecule has 1 aliphatic carbocycles. The number of halogens is 2. The van der Waals surface area contributed by atoms with Gasteiger partial charge in [-0.1, -0.05) is 11.8 Å². The normalized spacial score (nSPS) is 26.0. The molecule has 1 aromatic carbocycles. The van der Waals surface area contributed by atoms with Crippen LogP contribution in [0.2, 0.25) is 0 Å². The van der Waals surface area contributed by atoms with Crippen LogP contribution in [0.1, 0.15) is 36.3 Å². The van der Waals surface area contributed by atoms with Gasteiger partial charge in [-0.2, -0.15) is 5.26 Å². The van der Waals surface area contributed by atoms with E-state index in [4.69, 9.17) is 15.2 Å². The molecule has 1 saturated carbocycles. The lowest BCUT2D eigenvalue weighted by atomic mass is 9.85. The maximum atomic E-state index is 14.9. The van der Waals surface area contributed by atoms with Crippen LogP contribution >= 0.6 is 11.8 Å². The SMILES string of the molecule is COC[C@H](C)Oc1cnc(C(=O)Nc2cc(F)c(F)c([C@@]3(C)N=C(N)S[C@@]4(C#N)C[C@H]43)c2)cn1. The maximum absolute atomic E-state index is 14.9. The summed E-state index contributed by atoms with van der Waals surface area (Å²) < 4.78 is 39.1. The average Bonchev–Trinajstić information content (AvgIpc) is 3.52. The van der Waals surface area contributed by atoms with Gasteiger partial charge >= 0.3 is 0 Å². The van der Waals surface area contributed by atoms with Gasteiger partial charge in [0.2, 0.25) is 5.88 Å². The summed E-state index contributed by atoms with van der Waals surface area (Å²) in [5, 5.41) is 12.2. The second kappa shape index (κ2) is 8.81. The van der Waals surface area contributed by atoms with E-state index in [1.54, 1.807) is 21.0 Å². The highest BCUT2D eigenvalue weighted by atomic mass is 32.2. The Morgan fingerprint density at radius 1 is 1.41 bits per heavy atom. The number of fused-ring (bicyclic) bond motifs is 1. The van der Waals surface area contributed by atoms with Crippen LogP contribution < -0.4 is 15.8 Å². The van der Waals surface area contributed by atoms with Crippen molar-refractivity contribution < 1.29 is 23.0 Å². The Kier molecular flexibility index (Phi) is 6.18. The van der Waals surface area contributed by atoms with Crippen LogP contribution in [0.15, 0.2) is 29.5 Å². The minimum Gasteiger partial charge on any atom is -0.471 e. The average molecular weight is 489 g/mol. The zero-order valence-corrected chi connectivity index (χ0v) is 19.4. The number of nitriles is 1. The molecule has 34 heavy (non-hydrogen) atoms. The Labute approximate surface area is 198 Å². The first-order chi connectivity index (χ1) is 16.1. The van der Waals surface area contributed by atoms with Crippen molar-refractivity contribution >= 4 is 28.5 Å². The first kappa shape index (κ1) is 23.8. The predicted molar refractivity (Wildman–Crippen MR) is 121 cm³/mol. The van der Waals surface area contributed by atoms with E-state index in [2.05, 4.69) is 26.3 Å². The highest BCUT2D eigenvalue weighted by Gasteiger charge is 2.67. The van der Waals surface area contributed by atoms with E-state index in [-0.39, 0.29) is 40.0 Å². The lowest BCUT2D eigenvalue weighted by Crippen LogP contribution is -2.35. The summed E-state index contributed by atoms with van der Waals surface area (Å²) in [4.78, 5) is 25.1. The number of aliphatic imine (C=N–C) groups is 1. The highest BCUT2D eigenvalue weighted by Crippen LogP contribution is 2.65. The van der Waals surface area contributed by atoms with Crippen LogP contribution in [0.3, 0.4) is 0 Å². The fourth-order valence-electron chi connectivity index (χ4n) is 4.11. The molecule has 9 nitrogen and oxygen atoms in total. The van der Waals surface area contributed by atoms with Gasteiger partial charge < -0.3 is 20.5 Å². The second-order valence-electron chi connectivity index (χ2n) is 8.36. The maximum Gasteiger partial charge on any atom is 0.275 e. The molecular weight excluding hydrogens is 466 g/mol. The number of rotatable bonds is 7. The summed E-state index contributed by atoms with van der Waals surface area (Å²) in [6.07, 6.45) is 2.67. The van der Waals surface area contributed by atoms with E-state index >= 15 is 0 Å².